The van der Waals surface area contributed by atoms with Gasteiger partial charge in [0.1, 0.15) is 17.0 Å². The van der Waals surface area contributed by atoms with E-state index in [9.17, 15) is 9.50 Å². The number of imidazole rings is 1. The summed E-state index contributed by atoms with van der Waals surface area (Å²) in [7, 11) is 0. The Morgan fingerprint density at radius 1 is 1.42 bits per heavy atom. The number of halogens is 1. The highest BCUT2D eigenvalue weighted by atomic mass is 32.1. The number of benzene rings is 1. The van der Waals surface area contributed by atoms with Gasteiger partial charge in [-0.3, -0.25) is 4.40 Å². The van der Waals surface area contributed by atoms with Gasteiger partial charge in [0.15, 0.2) is 6.10 Å². The topological polar surface area (TPSA) is 37.5 Å². The Balaban J connectivity index is 2.32. The first-order valence-electron chi connectivity index (χ1n) is 5.56. The van der Waals surface area contributed by atoms with E-state index < -0.39 is 6.10 Å². The first-order chi connectivity index (χ1) is 9.22. The van der Waals surface area contributed by atoms with Crippen LogP contribution in [0.3, 0.4) is 0 Å². The Morgan fingerprint density at radius 2 is 2.21 bits per heavy atom. The fourth-order valence-electron chi connectivity index (χ4n) is 1.98. The number of aliphatic hydroxyl groups excluding tert-OH is 1. The van der Waals surface area contributed by atoms with E-state index in [-0.39, 0.29) is 5.82 Å². The van der Waals surface area contributed by atoms with E-state index in [0.29, 0.717) is 16.1 Å². The molecule has 94 valence electrons. The summed E-state index contributed by atoms with van der Waals surface area (Å²) in [6.07, 6.45) is 7.40. The number of rotatable bonds is 2. The molecule has 0 aliphatic heterocycles. The van der Waals surface area contributed by atoms with Crippen molar-refractivity contribution in [1.29, 1.82) is 0 Å². The highest BCUT2D eigenvalue weighted by Crippen LogP contribution is 2.37. The van der Waals surface area contributed by atoms with Crippen LogP contribution in [-0.4, -0.2) is 14.5 Å². The van der Waals surface area contributed by atoms with Gasteiger partial charge in [-0.05, 0) is 6.07 Å². The van der Waals surface area contributed by atoms with Crippen LogP contribution in [0.4, 0.5) is 4.39 Å². The standard InChI is InChI=1S/C14H9FN2OS/c1-2-11(18)13-14(9-5-3-4-6-10(9)15)19-12-7-16-8-17(12)13/h1,3-8,11,18H. The molecule has 0 fully saturated rings. The van der Waals surface area contributed by atoms with E-state index in [1.54, 1.807) is 35.1 Å². The summed E-state index contributed by atoms with van der Waals surface area (Å²) >= 11 is 1.35. The molecule has 1 unspecified atom stereocenters. The van der Waals surface area contributed by atoms with Gasteiger partial charge in [-0.15, -0.1) is 17.8 Å². The van der Waals surface area contributed by atoms with Gasteiger partial charge in [-0.2, -0.15) is 0 Å². The van der Waals surface area contributed by atoms with E-state index >= 15 is 0 Å². The zero-order valence-electron chi connectivity index (χ0n) is 9.75. The Bertz CT molecular complexity index is 784. The average molecular weight is 272 g/mol. The van der Waals surface area contributed by atoms with Crippen LogP contribution < -0.4 is 0 Å². The zero-order valence-corrected chi connectivity index (χ0v) is 10.6. The fraction of sp³-hybridized carbons (Fsp3) is 0.0714. The smallest absolute Gasteiger partial charge is 0.156 e. The van der Waals surface area contributed by atoms with E-state index in [1.165, 1.54) is 17.4 Å². The van der Waals surface area contributed by atoms with Crippen LogP contribution in [0.15, 0.2) is 36.8 Å². The van der Waals surface area contributed by atoms with Crippen molar-refractivity contribution in [2.45, 2.75) is 6.10 Å². The number of fused-ring (bicyclic) bond motifs is 1. The molecule has 3 aromatic rings. The number of hydrogen-bond donors (Lipinski definition) is 1. The minimum absolute atomic E-state index is 0.342. The molecular weight excluding hydrogens is 263 g/mol. The van der Waals surface area contributed by atoms with Crippen LogP contribution in [0.25, 0.3) is 15.3 Å². The Labute approximate surface area is 113 Å². The number of aromatic nitrogens is 2. The highest BCUT2D eigenvalue weighted by molar-refractivity contribution is 7.20. The largest absolute Gasteiger partial charge is 0.374 e. The molecule has 0 aliphatic carbocycles. The van der Waals surface area contributed by atoms with Crippen molar-refractivity contribution in [3.8, 4) is 22.8 Å². The molecule has 0 spiro atoms. The van der Waals surface area contributed by atoms with Crippen molar-refractivity contribution >= 4 is 16.2 Å². The number of terminal acetylenes is 1. The van der Waals surface area contributed by atoms with Crippen molar-refractivity contribution in [3.05, 3.63) is 48.3 Å². The molecule has 3 nitrogen and oxygen atoms in total. The second-order valence-electron chi connectivity index (χ2n) is 3.97. The van der Waals surface area contributed by atoms with Gasteiger partial charge < -0.3 is 5.11 Å². The van der Waals surface area contributed by atoms with Crippen LogP contribution in [0, 0.1) is 18.2 Å². The molecule has 1 N–H and O–H groups in total. The van der Waals surface area contributed by atoms with Gasteiger partial charge in [-0.1, -0.05) is 24.1 Å². The Kier molecular flexibility index (Phi) is 2.82. The quantitative estimate of drug-likeness (QED) is 0.728. The summed E-state index contributed by atoms with van der Waals surface area (Å²) < 4.78 is 15.6. The van der Waals surface area contributed by atoms with Crippen molar-refractivity contribution in [2.24, 2.45) is 0 Å². The minimum Gasteiger partial charge on any atom is -0.374 e. The van der Waals surface area contributed by atoms with E-state index in [1.807, 2.05) is 0 Å². The van der Waals surface area contributed by atoms with Crippen LogP contribution in [-0.2, 0) is 0 Å². The Morgan fingerprint density at radius 3 is 2.95 bits per heavy atom. The van der Waals surface area contributed by atoms with Gasteiger partial charge in [-0.25, -0.2) is 9.37 Å². The predicted octanol–water partition coefficient (Wildman–Crippen LogP) is 2.87. The summed E-state index contributed by atoms with van der Waals surface area (Å²) in [5.74, 6) is 1.93. The second kappa shape index (κ2) is 4.50. The van der Waals surface area contributed by atoms with Crippen molar-refractivity contribution in [2.75, 3.05) is 0 Å². The molecular formula is C14H9FN2OS. The fourth-order valence-corrected chi connectivity index (χ4v) is 3.14. The van der Waals surface area contributed by atoms with Crippen LogP contribution in [0.2, 0.25) is 0 Å². The number of aliphatic hydroxyl groups is 1. The van der Waals surface area contributed by atoms with Crippen molar-refractivity contribution in [1.82, 2.24) is 9.38 Å². The highest BCUT2D eigenvalue weighted by Gasteiger charge is 2.21. The molecule has 0 bridgehead atoms. The first-order valence-corrected chi connectivity index (χ1v) is 6.38. The van der Waals surface area contributed by atoms with E-state index in [2.05, 4.69) is 10.9 Å². The summed E-state index contributed by atoms with van der Waals surface area (Å²) in [6.45, 7) is 0. The molecule has 3 rings (SSSR count). The molecule has 0 saturated carbocycles. The van der Waals surface area contributed by atoms with E-state index in [4.69, 9.17) is 6.42 Å². The van der Waals surface area contributed by atoms with Gasteiger partial charge in [0.2, 0.25) is 0 Å². The van der Waals surface area contributed by atoms with Gasteiger partial charge >= 0.3 is 0 Å². The third-order valence-corrected chi connectivity index (χ3v) is 3.98. The normalized spacial score (nSPS) is 12.5. The van der Waals surface area contributed by atoms with Crippen molar-refractivity contribution in [3.63, 3.8) is 0 Å². The monoisotopic (exact) mass is 272 g/mol. The summed E-state index contributed by atoms with van der Waals surface area (Å²) in [6, 6.07) is 6.42. The lowest BCUT2D eigenvalue weighted by atomic mass is 10.1. The molecule has 2 aromatic heterocycles. The maximum absolute atomic E-state index is 13.9. The zero-order chi connectivity index (χ0) is 13.4. The molecule has 5 heteroatoms. The lowest BCUT2D eigenvalue weighted by molar-refractivity contribution is 0.233. The van der Waals surface area contributed by atoms with Crippen molar-refractivity contribution < 1.29 is 9.50 Å². The second-order valence-corrected chi connectivity index (χ2v) is 5.00. The SMILES string of the molecule is C#CC(O)c1c(-c2ccccc2F)sc2cncn12. The number of thiazole rings is 1. The maximum Gasteiger partial charge on any atom is 0.156 e. The van der Waals surface area contributed by atoms with E-state index in [0.717, 1.165) is 4.83 Å². The number of nitrogens with zero attached hydrogens (tertiary/aromatic N) is 2. The molecule has 0 aliphatic rings. The van der Waals surface area contributed by atoms with Crippen LogP contribution in [0.1, 0.15) is 11.8 Å². The number of hydrogen-bond acceptors (Lipinski definition) is 3. The molecule has 0 amide bonds. The summed E-state index contributed by atoms with van der Waals surface area (Å²) in [5.41, 5.74) is 0.908. The predicted molar refractivity (Wildman–Crippen MR) is 72.3 cm³/mol. The van der Waals surface area contributed by atoms with Crippen LogP contribution >= 0.6 is 11.3 Å². The summed E-state index contributed by atoms with van der Waals surface area (Å²) in [5, 5.41) is 9.97. The lowest BCUT2D eigenvalue weighted by Crippen LogP contribution is -2.00. The maximum atomic E-state index is 13.9. The third-order valence-electron chi connectivity index (χ3n) is 2.84. The minimum atomic E-state index is -1.10. The Hall–Kier alpha value is -2.16. The third kappa shape index (κ3) is 1.82. The first kappa shape index (κ1) is 11.9. The van der Waals surface area contributed by atoms with Crippen LogP contribution in [0.5, 0.6) is 0 Å². The van der Waals surface area contributed by atoms with Gasteiger partial charge in [0.05, 0.1) is 16.8 Å². The molecule has 0 radical (unpaired) electrons. The summed E-state index contributed by atoms with van der Waals surface area (Å²) in [4.78, 5) is 5.43. The molecule has 1 atom stereocenters. The molecule has 0 saturated heterocycles. The average Bonchev–Trinajstić information content (AvgIpc) is 2.98. The lowest BCUT2D eigenvalue weighted by Gasteiger charge is -2.07. The van der Waals surface area contributed by atoms with Gasteiger partial charge in [0, 0.05) is 5.56 Å². The molecule has 1 aromatic carbocycles. The van der Waals surface area contributed by atoms with Gasteiger partial charge in [0.25, 0.3) is 0 Å². The molecule has 2 heterocycles. The molecule has 19 heavy (non-hydrogen) atoms.